The fraction of sp³-hybridized carbons (Fsp3) is 0.312. The van der Waals surface area contributed by atoms with Gasteiger partial charge in [-0.1, -0.05) is 6.07 Å². The first kappa shape index (κ1) is 14.7. The lowest BCUT2D eigenvalue weighted by Crippen LogP contribution is -2.50. The minimum absolute atomic E-state index is 0.289. The zero-order valence-electron chi connectivity index (χ0n) is 11.9. The Bertz CT molecular complexity index is 665. The largest absolute Gasteiger partial charge is 0.381 e. The van der Waals surface area contributed by atoms with Gasteiger partial charge in [0.25, 0.3) is 5.91 Å². The maximum absolute atomic E-state index is 14.2. The fourth-order valence-corrected chi connectivity index (χ4v) is 2.82. The number of aromatic nitrogens is 1. The Morgan fingerprint density at radius 3 is 2.64 bits per heavy atom. The molecule has 2 aromatic rings. The number of aromatic amines is 1. The highest BCUT2D eigenvalue weighted by Gasteiger charge is 2.38. The summed E-state index contributed by atoms with van der Waals surface area (Å²) in [6, 6.07) is 6.79. The van der Waals surface area contributed by atoms with Crippen LogP contribution >= 0.6 is 0 Å². The molecule has 1 aromatic heterocycles. The number of hydrogen-bond donors (Lipinski definition) is 2. The Morgan fingerprint density at radius 1 is 1.23 bits per heavy atom. The number of hydrogen-bond acceptors (Lipinski definition) is 2. The molecule has 1 amide bonds. The number of carbonyl (C=O) groups excluding carboxylic acids is 1. The molecular formula is C16H16F2N2O2. The van der Waals surface area contributed by atoms with E-state index in [1.807, 2.05) is 0 Å². The van der Waals surface area contributed by atoms with E-state index in [2.05, 4.69) is 10.3 Å². The van der Waals surface area contributed by atoms with Crippen molar-refractivity contribution in [3.05, 3.63) is 59.4 Å². The van der Waals surface area contributed by atoms with E-state index in [0.717, 1.165) is 6.07 Å². The molecule has 6 heteroatoms. The van der Waals surface area contributed by atoms with Crippen LogP contribution < -0.4 is 5.32 Å². The van der Waals surface area contributed by atoms with E-state index in [9.17, 15) is 13.6 Å². The monoisotopic (exact) mass is 306 g/mol. The van der Waals surface area contributed by atoms with Crippen molar-refractivity contribution < 1.29 is 18.3 Å². The van der Waals surface area contributed by atoms with Gasteiger partial charge in [0.15, 0.2) is 0 Å². The average Bonchev–Trinajstić information content (AvgIpc) is 3.02. The maximum atomic E-state index is 14.2. The van der Waals surface area contributed by atoms with Crippen LogP contribution in [-0.2, 0) is 10.3 Å². The zero-order valence-corrected chi connectivity index (χ0v) is 11.9. The highest BCUT2D eigenvalue weighted by molar-refractivity contribution is 5.93. The fourth-order valence-electron chi connectivity index (χ4n) is 2.82. The minimum atomic E-state index is -0.891. The predicted molar refractivity (Wildman–Crippen MR) is 76.3 cm³/mol. The molecule has 0 saturated carbocycles. The number of rotatable bonds is 3. The molecule has 0 aliphatic carbocycles. The van der Waals surface area contributed by atoms with E-state index >= 15 is 0 Å². The molecule has 2 N–H and O–H groups in total. The number of halogens is 2. The first-order valence-corrected chi connectivity index (χ1v) is 7.10. The Kier molecular flexibility index (Phi) is 3.94. The third-order valence-corrected chi connectivity index (χ3v) is 3.99. The molecule has 1 aliphatic rings. The Labute approximate surface area is 126 Å². The summed E-state index contributed by atoms with van der Waals surface area (Å²) in [5.41, 5.74) is -0.205. The number of amides is 1. The van der Waals surface area contributed by atoms with E-state index in [0.29, 0.717) is 31.7 Å². The van der Waals surface area contributed by atoms with Crippen molar-refractivity contribution in [1.29, 1.82) is 0 Å². The van der Waals surface area contributed by atoms with Crippen molar-refractivity contribution in [2.45, 2.75) is 18.4 Å². The van der Waals surface area contributed by atoms with E-state index in [4.69, 9.17) is 4.74 Å². The lowest BCUT2D eigenvalue weighted by molar-refractivity contribution is 0.0332. The van der Waals surface area contributed by atoms with Crippen molar-refractivity contribution in [3.8, 4) is 0 Å². The summed E-state index contributed by atoms with van der Waals surface area (Å²) in [7, 11) is 0. The number of H-pyrrole nitrogens is 1. The number of ether oxygens (including phenoxy) is 1. The second-order valence-corrected chi connectivity index (χ2v) is 5.36. The van der Waals surface area contributed by atoms with Gasteiger partial charge in [-0.3, -0.25) is 4.79 Å². The molecule has 0 bridgehead atoms. The third kappa shape index (κ3) is 2.74. The molecule has 3 rings (SSSR count). The number of benzene rings is 1. The SMILES string of the molecule is O=C(NC1(c2ccc(F)cc2F)CCOCC1)c1ccc[nH]1. The summed E-state index contributed by atoms with van der Waals surface area (Å²) >= 11 is 0. The summed E-state index contributed by atoms with van der Waals surface area (Å²) in [4.78, 5) is 15.2. The van der Waals surface area contributed by atoms with Gasteiger partial charge in [0.1, 0.15) is 17.3 Å². The van der Waals surface area contributed by atoms with Gasteiger partial charge in [0.05, 0.1) is 5.54 Å². The molecule has 0 radical (unpaired) electrons. The van der Waals surface area contributed by atoms with Crippen molar-refractivity contribution >= 4 is 5.91 Å². The first-order valence-electron chi connectivity index (χ1n) is 7.10. The normalized spacial score (nSPS) is 17.2. The number of carbonyl (C=O) groups is 1. The van der Waals surface area contributed by atoms with Crippen molar-refractivity contribution in [2.24, 2.45) is 0 Å². The van der Waals surface area contributed by atoms with Crippen LogP contribution in [0.1, 0.15) is 28.9 Å². The van der Waals surface area contributed by atoms with E-state index < -0.39 is 17.2 Å². The Balaban J connectivity index is 1.96. The molecule has 116 valence electrons. The van der Waals surface area contributed by atoms with Crippen molar-refractivity contribution in [2.75, 3.05) is 13.2 Å². The van der Waals surface area contributed by atoms with Gasteiger partial charge >= 0.3 is 0 Å². The molecule has 0 unspecified atom stereocenters. The van der Waals surface area contributed by atoms with Gasteiger partial charge < -0.3 is 15.0 Å². The van der Waals surface area contributed by atoms with Gasteiger partial charge in [-0.05, 0) is 31.0 Å². The Morgan fingerprint density at radius 2 is 2.00 bits per heavy atom. The van der Waals surface area contributed by atoms with Gasteiger partial charge in [-0.2, -0.15) is 0 Å². The average molecular weight is 306 g/mol. The second kappa shape index (κ2) is 5.88. The minimum Gasteiger partial charge on any atom is -0.381 e. The van der Waals surface area contributed by atoms with Gasteiger partial charge in [-0.25, -0.2) is 8.78 Å². The molecule has 0 spiro atoms. The smallest absolute Gasteiger partial charge is 0.268 e. The first-order chi connectivity index (χ1) is 10.6. The molecule has 22 heavy (non-hydrogen) atoms. The number of nitrogens with one attached hydrogen (secondary N) is 2. The Hall–Kier alpha value is -2.21. The van der Waals surface area contributed by atoms with Crippen LogP contribution in [0.25, 0.3) is 0 Å². The summed E-state index contributed by atoms with van der Waals surface area (Å²) in [6.45, 7) is 0.809. The van der Waals surface area contributed by atoms with Crippen LogP contribution in [0.3, 0.4) is 0 Å². The van der Waals surface area contributed by atoms with E-state index in [1.54, 1.807) is 18.3 Å². The molecule has 1 saturated heterocycles. The molecule has 1 aromatic carbocycles. The van der Waals surface area contributed by atoms with Crippen LogP contribution in [0.4, 0.5) is 8.78 Å². The molecule has 1 fully saturated rings. The van der Waals surface area contributed by atoms with Gasteiger partial charge in [0.2, 0.25) is 0 Å². The summed E-state index contributed by atoms with van der Waals surface area (Å²) in [6.07, 6.45) is 2.51. The highest BCUT2D eigenvalue weighted by Crippen LogP contribution is 2.34. The van der Waals surface area contributed by atoms with E-state index in [1.165, 1.54) is 12.1 Å². The molecule has 2 heterocycles. The predicted octanol–water partition coefficient (Wildman–Crippen LogP) is 2.73. The standard InChI is InChI=1S/C16H16F2N2O2/c17-11-3-4-12(13(18)10-11)16(5-8-22-9-6-16)20-15(21)14-2-1-7-19-14/h1-4,7,10,19H,5-6,8-9H2,(H,20,21). The van der Waals surface area contributed by atoms with Crippen LogP contribution in [-0.4, -0.2) is 24.1 Å². The molecule has 1 aliphatic heterocycles. The lowest BCUT2D eigenvalue weighted by atomic mass is 9.82. The maximum Gasteiger partial charge on any atom is 0.268 e. The van der Waals surface area contributed by atoms with Crippen LogP contribution in [0.5, 0.6) is 0 Å². The molecule has 0 atom stereocenters. The summed E-state index contributed by atoms with van der Waals surface area (Å²) in [5, 5.41) is 2.90. The van der Waals surface area contributed by atoms with Gasteiger partial charge in [0, 0.05) is 31.0 Å². The molecular weight excluding hydrogens is 290 g/mol. The summed E-state index contributed by atoms with van der Waals surface area (Å²) in [5.74, 6) is -1.62. The van der Waals surface area contributed by atoms with Crippen molar-refractivity contribution in [3.63, 3.8) is 0 Å². The topological polar surface area (TPSA) is 54.1 Å². The van der Waals surface area contributed by atoms with Crippen molar-refractivity contribution in [1.82, 2.24) is 10.3 Å². The van der Waals surface area contributed by atoms with Crippen LogP contribution in [0.2, 0.25) is 0 Å². The second-order valence-electron chi connectivity index (χ2n) is 5.36. The highest BCUT2D eigenvalue weighted by atomic mass is 19.1. The van der Waals surface area contributed by atoms with Crippen LogP contribution in [0.15, 0.2) is 36.5 Å². The zero-order chi connectivity index (χ0) is 15.6. The molecule has 4 nitrogen and oxygen atoms in total. The quantitative estimate of drug-likeness (QED) is 0.916. The lowest BCUT2D eigenvalue weighted by Gasteiger charge is -2.38. The van der Waals surface area contributed by atoms with Gasteiger partial charge in [-0.15, -0.1) is 0 Å². The summed E-state index contributed by atoms with van der Waals surface area (Å²) < 4.78 is 32.7. The van der Waals surface area contributed by atoms with E-state index in [-0.39, 0.29) is 11.5 Å². The third-order valence-electron chi connectivity index (χ3n) is 3.99. The van der Waals surface area contributed by atoms with Crippen LogP contribution in [0, 0.1) is 11.6 Å².